The summed E-state index contributed by atoms with van der Waals surface area (Å²) >= 11 is 0. The number of benzene rings is 2. The zero-order chi connectivity index (χ0) is 16.8. The Labute approximate surface area is 135 Å². The van der Waals surface area contributed by atoms with Crippen LogP contribution in [0.5, 0.6) is 5.75 Å². The van der Waals surface area contributed by atoms with Crippen LogP contribution in [-0.2, 0) is 4.79 Å². The van der Waals surface area contributed by atoms with E-state index in [9.17, 15) is 9.18 Å². The van der Waals surface area contributed by atoms with Crippen LogP contribution < -0.4 is 15.0 Å². The van der Waals surface area contributed by atoms with Crippen LogP contribution in [0.3, 0.4) is 0 Å². The molecule has 0 bridgehead atoms. The summed E-state index contributed by atoms with van der Waals surface area (Å²) in [5.41, 5.74) is 1.70. The molecule has 4 nitrogen and oxygen atoms in total. The molecule has 0 aliphatic rings. The average Bonchev–Trinajstić information content (AvgIpc) is 2.54. The first kappa shape index (κ1) is 17.0. The van der Waals surface area contributed by atoms with Crippen LogP contribution >= 0.6 is 0 Å². The van der Waals surface area contributed by atoms with E-state index in [0.717, 1.165) is 10.5 Å². The van der Waals surface area contributed by atoms with Gasteiger partial charge in [-0.3, -0.25) is 4.79 Å². The maximum absolute atomic E-state index is 13.0. The zero-order valence-electron chi connectivity index (χ0n) is 13.6. The molecule has 0 aliphatic heterocycles. The van der Waals surface area contributed by atoms with E-state index in [1.165, 1.54) is 12.1 Å². The molecular weight excluding hydrogens is 295 g/mol. The van der Waals surface area contributed by atoms with Gasteiger partial charge in [-0.25, -0.2) is 4.39 Å². The highest BCUT2D eigenvalue weighted by atomic mass is 19.1. The standard InChI is InChI=1S/C18H21FN2O2/c1-13(14-7-9-15(19)10-8-14)21(2)12-18(22)20-16-5-4-6-17(11-16)23-3/h4-11,13H,12H2,1-3H3,(H,20,22)/p+1/t13-/m0/s1. The van der Waals surface area contributed by atoms with E-state index >= 15 is 0 Å². The van der Waals surface area contributed by atoms with Crippen molar-refractivity contribution in [1.29, 1.82) is 0 Å². The number of carbonyl (C=O) groups excluding carboxylic acids is 1. The second-order valence-corrected chi connectivity index (χ2v) is 5.58. The number of rotatable bonds is 6. The number of amides is 1. The molecule has 1 unspecified atom stereocenters. The first-order chi connectivity index (χ1) is 11.0. The van der Waals surface area contributed by atoms with Crippen molar-refractivity contribution in [3.63, 3.8) is 0 Å². The van der Waals surface area contributed by atoms with Crippen LogP contribution in [0.4, 0.5) is 10.1 Å². The van der Waals surface area contributed by atoms with Crippen molar-refractivity contribution >= 4 is 11.6 Å². The number of hydrogen-bond donors (Lipinski definition) is 2. The number of quaternary nitrogens is 1. The van der Waals surface area contributed by atoms with Crippen LogP contribution in [0.25, 0.3) is 0 Å². The minimum atomic E-state index is -0.255. The molecule has 5 heteroatoms. The summed E-state index contributed by atoms with van der Waals surface area (Å²) in [7, 11) is 3.53. The number of ether oxygens (including phenoxy) is 1. The van der Waals surface area contributed by atoms with Gasteiger partial charge in [-0.2, -0.15) is 0 Å². The van der Waals surface area contributed by atoms with Gasteiger partial charge in [-0.05, 0) is 31.2 Å². The van der Waals surface area contributed by atoms with E-state index in [0.29, 0.717) is 18.0 Å². The molecule has 2 aromatic carbocycles. The van der Waals surface area contributed by atoms with Crippen LogP contribution in [0.15, 0.2) is 48.5 Å². The van der Waals surface area contributed by atoms with Gasteiger partial charge in [0.05, 0.1) is 14.2 Å². The molecular formula is C18H22FN2O2+. The maximum Gasteiger partial charge on any atom is 0.279 e. The predicted octanol–water partition coefficient (Wildman–Crippen LogP) is 2.05. The van der Waals surface area contributed by atoms with Gasteiger partial charge in [-0.15, -0.1) is 0 Å². The first-order valence-corrected chi connectivity index (χ1v) is 7.51. The summed E-state index contributed by atoms with van der Waals surface area (Å²) in [6.07, 6.45) is 0. The molecule has 0 spiro atoms. The SMILES string of the molecule is COc1cccc(NC(=O)C[NH+](C)[C@@H](C)c2ccc(F)cc2)c1. The van der Waals surface area contributed by atoms with Crippen LogP contribution in [0, 0.1) is 5.82 Å². The number of likely N-dealkylation sites (N-methyl/N-ethyl adjacent to an activating group) is 1. The molecule has 0 aromatic heterocycles. The second kappa shape index (κ2) is 7.74. The first-order valence-electron chi connectivity index (χ1n) is 7.51. The zero-order valence-corrected chi connectivity index (χ0v) is 13.6. The molecule has 0 radical (unpaired) electrons. The number of hydrogen-bond acceptors (Lipinski definition) is 2. The fourth-order valence-electron chi connectivity index (χ4n) is 2.35. The molecule has 0 saturated carbocycles. The second-order valence-electron chi connectivity index (χ2n) is 5.58. The van der Waals surface area contributed by atoms with Gasteiger partial charge in [0.1, 0.15) is 17.6 Å². The lowest BCUT2D eigenvalue weighted by atomic mass is 10.1. The molecule has 2 rings (SSSR count). The largest absolute Gasteiger partial charge is 0.497 e. The van der Waals surface area contributed by atoms with Crippen molar-refractivity contribution in [1.82, 2.24) is 0 Å². The van der Waals surface area contributed by atoms with E-state index in [4.69, 9.17) is 4.74 Å². The lowest BCUT2D eigenvalue weighted by molar-refractivity contribution is -0.902. The molecule has 0 aliphatic carbocycles. The monoisotopic (exact) mass is 317 g/mol. The molecule has 0 fully saturated rings. The van der Waals surface area contributed by atoms with Crippen molar-refractivity contribution in [2.45, 2.75) is 13.0 Å². The Balaban J connectivity index is 1.94. The van der Waals surface area contributed by atoms with E-state index in [1.807, 2.05) is 32.2 Å². The Morgan fingerprint density at radius 2 is 1.96 bits per heavy atom. The van der Waals surface area contributed by atoms with Gasteiger partial charge in [0.2, 0.25) is 0 Å². The van der Waals surface area contributed by atoms with E-state index < -0.39 is 0 Å². The van der Waals surface area contributed by atoms with Crippen LogP contribution in [0.2, 0.25) is 0 Å². The Hall–Kier alpha value is -2.40. The van der Waals surface area contributed by atoms with Crippen molar-refractivity contribution in [2.75, 3.05) is 26.0 Å². The smallest absolute Gasteiger partial charge is 0.279 e. The Bertz CT molecular complexity index is 658. The molecule has 0 heterocycles. The van der Waals surface area contributed by atoms with Gasteiger partial charge in [0.25, 0.3) is 5.91 Å². The number of nitrogens with one attached hydrogen (secondary N) is 2. The van der Waals surface area contributed by atoms with Crippen molar-refractivity contribution in [3.05, 3.63) is 59.9 Å². The lowest BCUT2D eigenvalue weighted by Crippen LogP contribution is -3.10. The minimum Gasteiger partial charge on any atom is -0.497 e. The quantitative estimate of drug-likeness (QED) is 0.856. The van der Waals surface area contributed by atoms with Crippen molar-refractivity contribution in [2.24, 2.45) is 0 Å². The Morgan fingerprint density at radius 1 is 1.26 bits per heavy atom. The third-order valence-corrected chi connectivity index (χ3v) is 3.90. The normalized spacial score (nSPS) is 13.2. The lowest BCUT2D eigenvalue weighted by Gasteiger charge is -2.21. The number of halogens is 1. The summed E-state index contributed by atoms with van der Waals surface area (Å²) in [5, 5.41) is 2.86. The molecule has 1 amide bonds. The van der Waals surface area contributed by atoms with Crippen molar-refractivity contribution in [3.8, 4) is 5.75 Å². The maximum atomic E-state index is 13.0. The molecule has 2 aromatic rings. The van der Waals surface area contributed by atoms with E-state index in [1.54, 1.807) is 25.3 Å². The summed E-state index contributed by atoms with van der Waals surface area (Å²) < 4.78 is 18.1. The van der Waals surface area contributed by atoms with Gasteiger partial charge in [0, 0.05) is 17.3 Å². The Kier molecular flexibility index (Phi) is 5.71. The summed E-state index contributed by atoms with van der Waals surface area (Å²) in [4.78, 5) is 13.2. The van der Waals surface area contributed by atoms with Crippen molar-refractivity contribution < 1.29 is 18.8 Å². The molecule has 2 atom stereocenters. The average molecular weight is 317 g/mol. The topological polar surface area (TPSA) is 42.8 Å². The minimum absolute atomic E-state index is 0.0790. The molecule has 122 valence electrons. The van der Waals surface area contributed by atoms with E-state index in [2.05, 4.69) is 5.32 Å². The van der Waals surface area contributed by atoms with Gasteiger partial charge >= 0.3 is 0 Å². The third-order valence-electron chi connectivity index (χ3n) is 3.90. The molecule has 0 saturated heterocycles. The highest BCUT2D eigenvalue weighted by Crippen LogP contribution is 2.16. The summed E-state index contributed by atoms with van der Waals surface area (Å²) in [6.45, 7) is 2.33. The number of methoxy groups -OCH3 is 1. The predicted molar refractivity (Wildman–Crippen MR) is 88.2 cm³/mol. The Morgan fingerprint density at radius 3 is 2.61 bits per heavy atom. The van der Waals surface area contributed by atoms with Gasteiger partial charge < -0.3 is 15.0 Å². The van der Waals surface area contributed by atoms with Crippen LogP contribution in [0.1, 0.15) is 18.5 Å². The fraction of sp³-hybridized carbons (Fsp3) is 0.278. The van der Waals surface area contributed by atoms with Gasteiger partial charge in [-0.1, -0.05) is 18.2 Å². The summed E-state index contributed by atoms with van der Waals surface area (Å²) in [6, 6.07) is 13.7. The highest BCUT2D eigenvalue weighted by Gasteiger charge is 2.18. The number of carbonyl (C=O) groups is 1. The summed E-state index contributed by atoms with van der Waals surface area (Å²) in [5.74, 6) is 0.363. The van der Waals surface area contributed by atoms with Crippen LogP contribution in [-0.4, -0.2) is 26.6 Å². The molecule has 2 N–H and O–H groups in total. The third kappa shape index (κ3) is 4.79. The van der Waals surface area contributed by atoms with Gasteiger partial charge in [0.15, 0.2) is 6.54 Å². The number of anilines is 1. The highest BCUT2D eigenvalue weighted by molar-refractivity contribution is 5.91. The van der Waals surface area contributed by atoms with E-state index in [-0.39, 0.29) is 17.8 Å². The molecule has 23 heavy (non-hydrogen) atoms. The fourth-order valence-corrected chi connectivity index (χ4v) is 2.35.